The Labute approximate surface area is 165 Å². The molecule has 3 N–H and O–H groups in total. The fourth-order valence-corrected chi connectivity index (χ4v) is 3.29. The number of pyridine rings is 1. The van der Waals surface area contributed by atoms with Crippen molar-refractivity contribution >= 4 is 17.5 Å². The van der Waals surface area contributed by atoms with Gasteiger partial charge in [-0.05, 0) is 37.3 Å². The van der Waals surface area contributed by atoms with Crippen LogP contribution in [0.25, 0.3) is 16.9 Å². The molecule has 0 radical (unpaired) electrons. The van der Waals surface area contributed by atoms with Crippen LogP contribution in [0, 0.1) is 24.0 Å². The second kappa shape index (κ2) is 7.35. The van der Waals surface area contributed by atoms with Crippen molar-refractivity contribution in [3.8, 4) is 17.0 Å². The molecule has 7 heteroatoms. The number of halogens is 2. The van der Waals surface area contributed by atoms with Crippen molar-refractivity contribution in [3.05, 3.63) is 83.2 Å². The minimum absolute atomic E-state index is 0.131. The van der Waals surface area contributed by atoms with Crippen molar-refractivity contribution < 1.29 is 13.5 Å². The van der Waals surface area contributed by atoms with Gasteiger partial charge >= 0.3 is 0 Å². The van der Waals surface area contributed by atoms with E-state index in [0.717, 1.165) is 17.0 Å². The number of ether oxygens (including phenoxy) is 1. The van der Waals surface area contributed by atoms with Crippen molar-refractivity contribution in [2.75, 3.05) is 5.73 Å². The lowest BCUT2D eigenvalue weighted by Gasteiger charge is -2.10. The molecule has 0 aliphatic carbocycles. The smallest absolute Gasteiger partial charge is 0.180 e. The number of hydrogen-bond acceptors (Lipinski definition) is 4. The summed E-state index contributed by atoms with van der Waals surface area (Å²) >= 11 is 0. The standard InChI is InChI=1S/C22H18F2N4O/c1-13-21(14-7-8-15(11-25)19(26)10-14)28-9-3-6-20(22(28)27-13)29-12-16-17(23)4-2-5-18(16)24/h2-11,25H,12,26H2,1H3. The molecule has 0 fully saturated rings. The largest absolute Gasteiger partial charge is 0.485 e. The van der Waals surface area contributed by atoms with E-state index in [0.29, 0.717) is 22.6 Å². The molecule has 0 spiro atoms. The number of aromatic nitrogens is 2. The third-order valence-electron chi connectivity index (χ3n) is 4.74. The maximum Gasteiger partial charge on any atom is 0.180 e. The number of nitrogen functional groups attached to an aromatic ring is 1. The molecule has 29 heavy (non-hydrogen) atoms. The van der Waals surface area contributed by atoms with E-state index in [1.54, 1.807) is 24.3 Å². The summed E-state index contributed by atoms with van der Waals surface area (Å²) < 4.78 is 35.3. The Morgan fingerprint density at radius 2 is 1.90 bits per heavy atom. The van der Waals surface area contributed by atoms with Gasteiger partial charge in [-0.3, -0.25) is 4.40 Å². The molecule has 2 aromatic carbocycles. The maximum absolute atomic E-state index is 13.9. The van der Waals surface area contributed by atoms with Crippen LogP contribution < -0.4 is 10.5 Å². The zero-order chi connectivity index (χ0) is 20.5. The van der Waals surface area contributed by atoms with Gasteiger partial charge in [0.15, 0.2) is 11.4 Å². The highest BCUT2D eigenvalue weighted by Gasteiger charge is 2.16. The number of rotatable bonds is 5. The quantitative estimate of drug-likeness (QED) is 0.380. The first-order chi connectivity index (χ1) is 14.0. The number of aryl methyl sites for hydroxylation is 1. The molecule has 2 aromatic heterocycles. The van der Waals surface area contributed by atoms with E-state index in [2.05, 4.69) is 4.98 Å². The topological polar surface area (TPSA) is 76.4 Å². The average molecular weight is 392 g/mol. The van der Waals surface area contributed by atoms with Gasteiger partial charge in [0.1, 0.15) is 18.2 Å². The molecule has 4 rings (SSSR count). The molecule has 0 saturated heterocycles. The summed E-state index contributed by atoms with van der Waals surface area (Å²) in [5.41, 5.74) is 9.98. The third-order valence-corrected chi connectivity index (χ3v) is 4.74. The fraction of sp³-hybridized carbons (Fsp3) is 0.0909. The van der Waals surface area contributed by atoms with E-state index in [9.17, 15) is 8.78 Å². The number of nitrogens with zero attached hydrogens (tertiary/aromatic N) is 2. The normalized spacial score (nSPS) is 11.0. The molecule has 0 saturated carbocycles. The number of nitrogens with two attached hydrogens (primary N) is 1. The Bertz CT molecular complexity index is 1210. The molecule has 146 valence electrons. The Hall–Kier alpha value is -3.74. The van der Waals surface area contributed by atoms with Gasteiger partial charge in [0.05, 0.1) is 17.0 Å². The molecule has 0 amide bonds. The predicted octanol–water partition coefficient (Wildman–Crippen LogP) is 4.75. The second-order valence-corrected chi connectivity index (χ2v) is 6.59. The summed E-state index contributed by atoms with van der Waals surface area (Å²) in [5.74, 6) is -0.897. The Kier molecular flexibility index (Phi) is 4.72. The van der Waals surface area contributed by atoms with Crippen LogP contribution in [0.2, 0.25) is 0 Å². The SMILES string of the molecule is Cc1nc2c(OCc3c(F)cccc3F)cccn2c1-c1ccc(C=N)c(N)c1. The second-order valence-electron chi connectivity index (χ2n) is 6.59. The first-order valence-corrected chi connectivity index (χ1v) is 8.93. The summed E-state index contributed by atoms with van der Waals surface area (Å²) in [6, 6.07) is 12.6. The van der Waals surface area contributed by atoms with Crippen molar-refractivity contribution in [3.63, 3.8) is 0 Å². The van der Waals surface area contributed by atoms with Gasteiger partial charge in [0.2, 0.25) is 0 Å². The van der Waals surface area contributed by atoms with Gasteiger partial charge in [0, 0.05) is 29.2 Å². The Morgan fingerprint density at radius 3 is 2.59 bits per heavy atom. The van der Waals surface area contributed by atoms with Crippen molar-refractivity contribution in [1.82, 2.24) is 9.38 Å². The van der Waals surface area contributed by atoms with Crippen LogP contribution >= 0.6 is 0 Å². The fourth-order valence-electron chi connectivity index (χ4n) is 3.29. The van der Waals surface area contributed by atoms with E-state index in [4.69, 9.17) is 15.9 Å². The summed E-state index contributed by atoms with van der Waals surface area (Å²) in [5, 5.41) is 7.39. The highest BCUT2D eigenvalue weighted by molar-refractivity contribution is 5.87. The van der Waals surface area contributed by atoms with Gasteiger partial charge in [0.25, 0.3) is 0 Å². The Balaban J connectivity index is 1.74. The molecule has 4 aromatic rings. The van der Waals surface area contributed by atoms with Crippen molar-refractivity contribution in [2.24, 2.45) is 0 Å². The van der Waals surface area contributed by atoms with Crippen molar-refractivity contribution in [2.45, 2.75) is 13.5 Å². The highest BCUT2D eigenvalue weighted by Crippen LogP contribution is 2.31. The molecule has 0 atom stereocenters. The molecule has 0 unspecified atom stereocenters. The number of benzene rings is 2. The van der Waals surface area contributed by atoms with E-state index in [1.807, 2.05) is 23.6 Å². The van der Waals surface area contributed by atoms with Crippen LogP contribution in [0.15, 0.2) is 54.7 Å². The monoisotopic (exact) mass is 392 g/mol. The van der Waals surface area contributed by atoms with E-state index < -0.39 is 11.6 Å². The number of imidazole rings is 1. The van der Waals surface area contributed by atoms with Crippen molar-refractivity contribution in [1.29, 1.82) is 5.41 Å². The summed E-state index contributed by atoms with van der Waals surface area (Å²) in [7, 11) is 0. The summed E-state index contributed by atoms with van der Waals surface area (Å²) in [6.07, 6.45) is 3.04. The molecular formula is C22H18F2N4O. The third kappa shape index (κ3) is 3.31. The molecule has 0 aliphatic heterocycles. The van der Waals surface area contributed by atoms with Crippen LogP contribution in [0.5, 0.6) is 5.75 Å². The molecule has 0 bridgehead atoms. The van der Waals surface area contributed by atoms with Gasteiger partial charge < -0.3 is 15.9 Å². The molecule has 5 nitrogen and oxygen atoms in total. The summed E-state index contributed by atoms with van der Waals surface area (Å²) in [4.78, 5) is 4.58. The lowest BCUT2D eigenvalue weighted by Crippen LogP contribution is -2.03. The van der Waals surface area contributed by atoms with E-state index >= 15 is 0 Å². The van der Waals surface area contributed by atoms with Crippen LogP contribution in [0.4, 0.5) is 14.5 Å². The first kappa shape index (κ1) is 18.6. The zero-order valence-electron chi connectivity index (χ0n) is 15.6. The highest BCUT2D eigenvalue weighted by atomic mass is 19.1. The van der Waals surface area contributed by atoms with E-state index in [1.165, 1.54) is 24.4 Å². The number of fused-ring (bicyclic) bond motifs is 1. The first-order valence-electron chi connectivity index (χ1n) is 8.93. The number of nitrogens with one attached hydrogen (secondary N) is 1. The molecule has 0 aliphatic rings. The van der Waals surface area contributed by atoms with Crippen LogP contribution in [-0.2, 0) is 6.61 Å². The van der Waals surface area contributed by atoms with Gasteiger partial charge in [-0.2, -0.15) is 0 Å². The number of hydrogen-bond donors (Lipinski definition) is 2. The lowest BCUT2D eigenvalue weighted by atomic mass is 10.1. The molecule has 2 heterocycles. The Morgan fingerprint density at radius 1 is 1.14 bits per heavy atom. The van der Waals surface area contributed by atoms with E-state index in [-0.39, 0.29) is 12.2 Å². The number of anilines is 1. The lowest BCUT2D eigenvalue weighted by molar-refractivity contribution is 0.294. The average Bonchev–Trinajstić information content (AvgIpc) is 3.04. The maximum atomic E-state index is 13.9. The minimum atomic E-state index is -0.654. The summed E-state index contributed by atoms with van der Waals surface area (Å²) in [6.45, 7) is 1.61. The minimum Gasteiger partial charge on any atom is -0.485 e. The van der Waals surface area contributed by atoms with Crippen LogP contribution in [-0.4, -0.2) is 15.6 Å². The van der Waals surface area contributed by atoms with Gasteiger partial charge in [-0.15, -0.1) is 0 Å². The zero-order valence-corrected chi connectivity index (χ0v) is 15.6. The van der Waals surface area contributed by atoms with Crippen LogP contribution in [0.3, 0.4) is 0 Å². The van der Waals surface area contributed by atoms with Gasteiger partial charge in [-0.25, -0.2) is 13.8 Å². The molecular weight excluding hydrogens is 374 g/mol. The van der Waals surface area contributed by atoms with Crippen LogP contribution in [0.1, 0.15) is 16.8 Å². The van der Waals surface area contributed by atoms with Gasteiger partial charge in [-0.1, -0.05) is 18.2 Å². The predicted molar refractivity (Wildman–Crippen MR) is 108 cm³/mol.